The van der Waals surface area contributed by atoms with Crippen molar-refractivity contribution in [1.29, 1.82) is 0 Å². The van der Waals surface area contributed by atoms with E-state index in [1.807, 2.05) is 6.92 Å². The smallest absolute Gasteiger partial charge is 0.321 e. The van der Waals surface area contributed by atoms with Gasteiger partial charge in [-0.1, -0.05) is 23.8 Å². The van der Waals surface area contributed by atoms with Crippen molar-refractivity contribution in [2.75, 3.05) is 25.5 Å². The zero-order chi connectivity index (χ0) is 21.4. The van der Waals surface area contributed by atoms with Crippen LogP contribution < -0.4 is 15.4 Å². The molecular formula is C19H21N3O6S. The van der Waals surface area contributed by atoms with Crippen LogP contribution in [0.25, 0.3) is 0 Å². The monoisotopic (exact) mass is 419 g/mol. The summed E-state index contributed by atoms with van der Waals surface area (Å²) >= 11 is 0. The lowest BCUT2D eigenvalue weighted by molar-refractivity contribution is -0.146. The number of hydrogen-bond acceptors (Lipinski definition) is 6. The van der Waals surface area contributed by atoms with Crippen LogP contribution in [0.5, 0.6) is 0 Å². The highest BCUT2D eigenvalue weighted by molar-refractivity contribution is 7.89. The number of nitrogens with one attached hydrogen (secondary N) is 3. The second-order valence-electron chi connectivity index (χ2n) is 6.01. The van der Waals surface area contributed by atoms with Crippen LogP contribution >= 0.6 is 0 Å². The van der Waals surface area contributed by atoms with Crippen molar-refractivity contribution in [3.05, 3.63) is 59.7 Å². The Kier molecular flexibility index (Phi) is 7.46. The van der Waals surface area contributed by atoms with Crippen molar-refractivity contribution in [1.82, 2.24) is 10.0 Å². The summed E-state index contributed by atoms with van der Waals surface area (Å²) in [7, 11) is -2.38. The van der Waals surface area contributed by atoms with Crippen LogP contribution in [0.2, 0.25) is 0 Å². The Bertz CT molecular complexity index is 1000. The maximum absolute atomic E-state index is 12.1. The van der Waals surface area contributed by atoms with Gasteiger partial charge in [0.2, 0.25) is 10.0 Å². The van der Waals surface area contributed by atoms with Crippen molar-refractivity contribution < 1.29 is 27.5 Å². The summed E-state index contributed by atoms with van der Waals surface area (Å²) in [4.78, 5) is 35.2. The molecule has 2 amide bonds. The molecule has 0 heterocycles. The fourth-order valence-corrected chi connectivity index (χ4v) is 3.20. The first-order valence-electron chi connectivity index (χ1n) is 8.55. The summed E-state index contributed by atoms with van der Waals surface area (Å²) in [6.07, 6.45) is 0. The second-order valence-corrected chi connectivity index (χ2v) is 7.77. The molecule has 0 spiro atoms. The average molecular weight is 419 g/mol. The van der Waals surface area contributed by atoms with Gasteiger partial charge in [-0.2, -0.15) is 4.72 Å². The SMILES string of the molecule is CNC(=O)c1cccc(NC(=O)COC(=O)CNS(=O)(=O)c2ccc(C)cc2)c1. The van der Waals surface area contributed by atoms with Gasteiger partial charge in [0.15, 0.2) is 6.61 Å². The third-order valence-electron chi connectivity index (χ3n) is 3.74. The minimum Gasteiger partial charge on any atom is -0.455 e. The van der Waals surface area contributed by atoms with E-state index in [0.717, 1.165) is 5.56 Å². The summed E-state index contributed by atoms with van der Waals surface area (Å²) in [5.74, 6) is -1.85. The molecule has 10 heteroatoms. The quantitative estimate of drug-likeness (QED) is 0.543. The fraction of sp³-hybridized carbons (Fsp3) is 0.211. The van der Waals surface area contributed by atoms with Gasteiger partial charge in [-0.05, 0) is 37.3 Å². The molecule has 0 aromatic heterocycles. The van der Waals surface area contributed by atoms with Gasteiger partial charge < -0.3 is 15.4 Å². The fourth-order valence-electron chi connectivity index (χ4n) is 2.23. The lowest BCUT2D eigenvalue weighted by Crippen LogP contribution is -2.32. The number of esters is 1. The van der Waals surface area contributed by atoms with Crippen molar-refractivity contribution in [2.24, 2.45) is 0 Å². The molecule has 0 bridgehead atoms. The van der Waals surface area contributed by atoms with Crippen molar-refractivity contribution in [2.45, 2.75) is 11.8 Å². The molecule has 0 saturated heterocycles. The molecule has 154 valence electrons. The maximum Gasteiger partial charge on any atom is 0.321 e. The van der Waals surface area contributed by atoms with Gasteiger partial charge in [0.05, 0.1) is 4.90 Å². The summed E-state index contributed by atoms with van der Waals surface area (Å²) < 4.78 is 31.1. The Labute approximate surface area is 168 Å². The largest absolute Gasteiger partial charge is 0.455 e. The molecular weight excluding hydrogens is 398 g/mol. The van der Waals surface area contributed by atoms with E-state index in [4.69, 9.17) is 4.74 Å². The predicted molar refractivity (Wildman–Crippen MR) is 106 cm³/mol. The van der Waals surface area contributed by atoms with Gasteiger partial charge in [-0.25, -0.2) is 8.42 Å². The van der Waals surface area contributed by atoms with Gasteiger partial charge in [0, 0.05) is 18.3 Å². The Morgan fingerprint density at radius 2 is 1.72 bits per heavy atom. The highest BCUT2D eigenvalue weighted by Gasteiger charge is 2.16. The van der Waals surface area contributed by atoms with Crippen LogP contribution in [0.1, 0.15) is 15.9 Å². The zero-order valence-electron chi connectivity index (χ0n) is 15.9. The highest BCUT2D eigenvalue weighted by Crippen LogP contribution is 2.11. The Balaban J connectivity index is 1.82. The van der Waals surface area contributed by atoms with Gasteiger partial charge in [-0.3, -0.25) is 14.4 Å². The molecule has 2 aromatic rings. The highest BCUT2D eigenvalue weighted by atomic mass is 32.2. The number of benzene rings is 2. The van der Waals surface area contributed by atoms with E-state index in [1.54, 1.807) is 30.3 Å². The summed E-state index contributed by atoms with van der Waals surface area (Å²) in [6, 6.07) is 12.3. The van der Waals surface area contributed by atoms with Crippen molar-refractivity contribution in [3.63, 3.8) is 0 Å². The molecule has 9 nitrogen and oxygen atoms in total. The third-order valence-corrected chi connectivity index (χ3v) is 5.15. The van der Waals surface area contributed by atoms with Crippen LogP contribution in [-0.2, 0) is 24.3 Å². The van der Waals surface area contributed by atoms with Crippen molar-refractivity contribution >= 4 is 33.5 Å². The lowest BCUT2D eigenvalue weighted by atomic mass is 10.2. The van der Waals surface area contributed by atoms with Gasteiger partial charge in [-0.15, -0.1) is 0 Å². The Hall–Kier alpha value is -3.24. The van der Waals surface area contributed by atoms with Gasteiger partial charge >= 0.3 is 5.97 Å². The minimum absolute atomic E-state index is 0.0182. The first-order valence-corrected chi connectivity index (χ1v) is 10.0. The number of carbonyl (C=O) groups excluding carboxylic acids is 3. The first kappa shape index (κ1) is 22.1. The molecule has 2 rings (SSSR count). The molecule has 29 heavy (non-hydrogen) atoms. The van der Waals surface area contributed by atoms with Gasteiger partial charge in [0.1, 0.15) is 6.54 Å². The number of carbonyl (C=O) groups is 3. The number of aryl methyl sites for hydroxylation is 1. The van der Waals surface area contributed by atoms with Crippen LogP contribution in [0.15, 0.2) is 53.4 Å². The average Bonchev–Trinajstić information content (AvgIpc) is 2.70. The van der Waals surface area contributed by atoms with Gasteiger partial charge in [0.25, 0.3) is 11.8 Å². The van der Waals surface area contributed by atoms with Crippen molar-refractivity contribution in [3.8, 4) is 0 Å². The summed E-state index contributed by atoms with van der Waals surface area (Å²) in [5.41, 5.74) is 1.61. The van der Waals surface area contributed by atoms with E-state index in [2.05, 4.69) is 15.4 Å². The first-order chi connectivity index (χ1) is 13.7. The standard InChI is InChI=1S/C19H21N3O6S/c1-13-6-8-16(9-7-13)29(26,27)21-11-18(24)28-12-17(23)22-15-5-3-4-14(10-15)19(25)20-2/h3-10,21H,11-12H2,1-2H3,(H,20,25)(H,22,23). The lowest BCUT2D eigenvalue weighted by Gasteiger charge is -2.09. The minimum atomic E-state index is -3.86. The molecule has 3 N–H and O–H groups in total. The number of amides is 2. The van der Waals surface area contributed by atoms with Crippen LogP contribution in [-0.4, -0.2) is 46.4 Å². The zero-order valence-corrected chi connectivity index (χ0v) is 16.7. The summed E-state index contributed by atoms with van der Waals surface area (Å²) in [6.45, 7) is 0.603. The number of ether oxygens (including phenoxy) is 1. The predicted octanol–water partition coefficient (Wildman–Crippen LogP) is 0.815. The van der Waals surface area contributed by atoms with E-state index in [0.29, 0.717) is 11.3 Å². The molecule has 0 aliphatic rings. The van der Waals surface area contributed by atoms with Crippen LogP contribution in [0.3, 0.4) is 0 Å². The number of rotatable bonds is 8. The molecule has 0 aliphatic carbocycles. The third kappa shape index (κ3) is 6.70. The van der Waals surface area contributed by atoms with E-state index in [1.165, 1.54) is 25.2 Å². The van der Waals surface area contributed by atoms with E-state index in [9.17, 15) is 22.8 Å². The number of anilines is 1. The normalized spacial score (nSPS) is 10.8. The van der Waals surface area contributed by atoms with Crippen LogP contribution in [0, 0.1) is 6.92 Å². The molecule has 0 atom stereocenters. The van der Waals surface area contributed by atoms with E-state index in [-0.39, 0.29) is 10.8 Å². The van der Waals surface area contributed by atoms with E-state index >= 15 is 0 Å². The molecule has 0 unspecified atom stereocenters. The molecule has 0 radical (unpaired) electrons. The molecule has 0 saturated carbocycles. The number of sulfonamides is 1. The Morgan fingerprint density at radius 1 is 1.03 bits per heavy atom. The molecule has 0 fully saturated rings. The maximum atomic E-state index is 12.1. The molecule has 2 aromatic carbocycles. The molecule has 0 aliphatic heterocycles. The Morgan fingerprint density at radius 3 is 2.38 bits per heavy atom. The number of hydrogen-bond donors (Lipinski definition) is 3. The van der Waals surface area contributed by atoms with Crippen LogP contribution in [0.4, 0.5) is 5.69 Å². The van der Waals surface area contributed by atoms with E-state index < -0.39 is 35.1 Å². The second kappa shape index (κ2) is 9.80. The summed E-state index contributed by atoms with van der Waals surface area (Å²) in [5, 5.41) is 4.95. The topological polar surface area (TPSA) is 131 Å².